The molecule has 0 aromatic carbocycles. The topological polar surface area (TPSA) is 12.0 Å². The van der Waals surface area contributed by atoms with Gasteiger partial charge < -0.3 is 5.32 Å². The Bertz CT molecular complexity index is 60.0. The summed E-state index contributed by atoms with van der Waals surface area (Å²) in [6, 6.07) is 0.903. The van der Waals surface area contributed by atoms with Crippen molar-refractivity contribution in [2.24, 2.45) is 5.92 Å². The van der Waals surface area contributed by atoms with Crippen molar-refractivity contribution in [3.63, 3.8) is 0 Å². The first-order valence-corrected chi connectivity index (χ1v) is 5.68. The highest BCUT2D eigenvalue weighted by Gasteiger charge is 2.25. The van der Waals surface area contributed by atoms with E-state index in [0.29, 0.717) is 0 Å². The van der Waals surface area contributed by atoms with Crippen molar-refractivity contribution in [1.82, 2.24) is 5.32 Å². The van der Waals surface area contributed by atoms with E-state index in [1.807, 2.05) is 27.7 Å². The molecule has 3 aliphatic rings. The Balaban J connectivity index is 0.000000269. The van der Waals surface area contributed by atoms with Gasteiger partial charge in [-0.25, -0.2) is 0 Å². The fourth-order valence-electron chi connectivity index (χ4n) is 1.90. The van der Waals surface area contributed by atoms with Crippen molar-refractivity contribution >= 4 is 0 Å². The number of rotatable bonds is 0. The Hall–Kier alpha value is -0.0400. The van der Waals surface area contributed by atoms with Crippen LogP contribution in [0.5, 0.6) is 0 Å². The van der Waals surface area contributed by atoms with Gasteiger partial charge in [0.1, 0.15) is 0 Å². The van der Waals surface area contributed by atoms with E-state index in [1.165, 1.54) is 32.2 Å². The summed E-state index contributed by atoms with van der Waals surface area (Å²) in [7, 11) is 0. The minimum absolute atomic E-state index is 0.903. The fourth-order valence-corrected chi connectivity index (χ4v) is 1.90. The predicted molar refractivity (Wildman–Crippen MR) is 56.4 cm³/mol. The van der Waals surface area contributed by atoms with Gasteiger partial charge in [-0.3, -0.25) is 0 Å². The molecule has 1 aliphatic carbocycles. The average Bonchev–Trinajstić information content (AvgIpc) is 2.27. The summed E-state index contributed by atoms with van der Waals surface area (Å²) < 4.78 is 0. The van der Waals surface area contributed by atoms with E-state index in [0.717, 1.165) is 12.0 Å². The molecule has 2 aliphatic heterocycles. The van der Waals surface area contributed by atoms with E-state index in [-0.39, 0.29) is 0 Å². The molecular weight excluding hydrogens is 146 g/mol. The third-order valence-corrected chi connectivity index (χ3v) is 2.54. The van der Waals surface area contributed by atoms with E-state index in [2.05, 4.69) is 5.32 Å². The van der Waals surface area contributed by atoms with E-state index in [9.17, 15) is 0 Å². The van der Waals surface area contributed by atoms with E-state index >= 15 is 0 Å². The molecule has 12 heavy (non-hydrogen) atoms. The van der Waals surface area contributed by atoms with Crippen molar-refractivity contribution in [1.29, 1.82) is 0 Å². The van der Waals surface area contributed by atoms with Crippen LogP contribution >= 0.6 is 0 Å². The molecule has 1 nitrogen and oxygen atoms in total. The Morgan fingerprint density at radius 3 is 1.42 bits per heavy atom. The molecule has 1 saturated carbocycles. The van der Waals surface area contributed by atoms with Crippen molar-refractivity contribution in [3.05, 3.63) is 0 Å². The van der Waals surface area contributed by atoms with Gasteiger partial charge in [-0.05, 0) is 38.1 Å². The maximum Gasteiger partial charge on any atom is 0.00673 e. The van der Waals surface area contributed by atoms with E-state index < -0.39 is 0 Å². The standard InChI is InChI=1S/C7H13N.2C2H6/c1-3-7-4-2-6(1)5-8-7;2*1-2/h6-8H,1-5H2;2*1-2H3. The summed E-state index contributed by atoms with van der Waals surface area (Å²) in [6.07, 6.45) is 5.89. The SMILES string of the molecule is C1CC2CCC1CN2.CC.CC. The summed E-state index contributed by atoms with van der Waals surface area (Å²) in [5.41, 5.74) is 0. The zero-order chi connectivity index (χ0) is 9.40. The van der Waals surface area contributed by atoms with Gasteiger partial charge in [0.05, 0.1) is 0 Å². The molecule has 0 aromatic rings. The molecule has 0 unspecified atom stereocenters. The molecule has 3 fully saturated rings. The Labute approximate surface area is 77.9 Å². The lowest BCUT2D eigenvalue weighted by Gasteiger charge is -2.36. The van der Waals surface area contributed by atoms with Crippen molar-refractivity contribution < 1.29 is 0 Å². The van der Waals surface area contributed by atoms with Crippen molar-refractivity contribution in [2.75, 3.05) is 6.54 Å². The Morgan fingerprint density at radius 1 is 0.833 bits per heavy atom. The minimum atomic E-state index is 0.903. The van der Waals surface area contributed by atoms with Crippen LogP contribution in [0.4, 0.5) is 0 Å². The van der Waals surface area contributed by atoms with Gasteiger partial charge in [-0.2, -0.15) is 0 Å². The molecule has 2 saturated heterocycles. The lowest BCUT2D eigenvalue weighted by molar-refractivity contribution is 0.213. The molecular formula is C11H25N. The maximum absolute atomic E-state index is 3.52. The summed E-state index contributed by atoms with van der Waals surface area (Å²) >= 11 is 0. The van der Waals surface area contributed by atoms with Crippen LogP contribution in [-0.2, 0) is 0 Å². The zero-order valence-corrected chi connectivity index (χ0v) is 9.19. The Kier molecular flexibility index (Phi) is 7.58. The third kappa shape index (κ3) is 3.57. The van der Waals surface area contributed by atoms with Gasteiger partial charge in [0.25, 0.3) is 0 Å². The first kappa shape index (κ1) is 12.0. The first-order valence-electron chi connectivity index (χ1n) is 5.68. The molecule has 0 amide bonds. The maximum atomic E-state index is 3.52. The quantitative estimate of drug-likeness (QED) is 0.590. The second-order valence-electron chi connectivity index (χ2n) is 3.13. The fraction of sp³-hybridized carbons (Fsp3) is 1.00. The molecule has 0 aromatic heterocycles. The van der Waals surface area contributed by atoms with Gasteiger partial charge in [-0.1, -0.05) is 27.7 Å². The highest BCUT2D eigenvalue weighted by molar-refractivity contribution is 4.84. The molecule has 2 heterocycles. The number of hydrogen-bond donors (Lipinski definition) is 1. The molecule has 0 spiro atoms. The van der Waals surface area contributed by atoms with E-state index in [1.54, 1.807) is 0 Å². The normalized spacial score (nSPS) is 31.0. The highest BCUT2D eigenvalue weighted by atomic mass is 14.9. The summed E-state index contributed by atoms with van der Waals surface area (Å²) in [6.45, 7) is 9.31. The number of nitrogens with one attached hydrogen (secondary N) is 1. The van der Waals surface area contributed by atoms with Gasteiger partial charge in [0, 0.05) is 6.04 Å². The number of fused-ring (bicyclic) bond motifs is 3. The molecule has 0 atom stereocenters. The average molecular weight is 171 g/mol. The van der Waals surface area contributed by atoms with Crippen LogP contribution in [0.15, 0.2) is 0 Å². The van der Waals surface area contributed by atoms with Crippen LogP contribution in [0.1, 0.15) is 53.4 Å². The predicted octanol–water partition coefficient (Wildman–Crippen LogP) is 3.20. The molecule has 0 radical (unpaired) electrons. The summed E-state index contributed by atoms with van der Waals surface area (Å²) in [4.78, 5) is 0. The van der Waals surface area contributed by atoms with Crippen LogP contribution < -0.4 is 5.32 Å². The van der Waals surface area contributed by atoms with Crippen LogP contribution in [0.25, 0.3) is 0 Å². The number of piperidine rings is 2. The van der Waals surface area contributed by atoms with Crippen LogP contribution in [0, 0.1) is 5.92 Å². The molecule has 2 bridgehead atoms. The van der Waals surface area contributed by atoms with Crippen LogP contribution in [0.3, 0.4) is 0 Å². The van der Waals surface area contributed by atoms with Crippen molar-refractivity contribution in [3.8, 4) is 0 Å². The molecule has 1 heteroatoms. The van der Waals surface area contributed by atoms with Crippen LogP contribution in [0.2, 0.25) is 0 Å². The largest absolute Gasteiger partial charge is 0.314 e. The summed E-state index contributed by atoms with van der Waals surface area (Å²) in [5.74, 6) is 1.04. The highest BCUT2D eigenvalue weighted by Crippen LogP contribution is 2.28. The second-order valence-corrected chi connectivity index (χ2v) is 3.13. The summed E-state index contributed by atoms with van der Waals surface area (Å²) in [5, 5.41) is 3.52. The van der Waals surface area contributed by atoms with Crippen molar-refractivity contribution in [2.45, 2.75) is 59.4 Å². The van der Waals surface area contributed by atoms with Gasteiger partial charge >= 0.3 is 0 Å². The molecule has 74 valence electrons. The minimum Gasteiger partial charge on any atom is -0.314 e. The first-order chi connectivity index (χ1) is 5.95. The van der Waals surface area contributed by atoms with Gasteiger partial charge in [-0.15, -0.1) is 0 Å². The smallest absolute Gasteiger partial charge is 0.00673 e. The van der Waals surface area contributed by atoms with E-state index in [4.69, 9.17) is 0 Å². The van der Waals surface area contributed by atoms with Gasteiger partial charge in [0.15, 0.2) is 0 Å². The zero-order valence-electron chi connectivity index (χ0n) is 9.19. The monoisotopic (exact) mass is 171 g/mol. The lowest BCUT2D eigenvalue weighted by Crippen LogP contribution is -2.44. The molecule has 1 N–H and O–H groups in total. The number of hydrogen-bond acceptors (Lipinski definition) is 1. The Morgan fingerprint density at radius 2 is 1.33 bits per heavy atom. The second kappa shape index (κ2) is 7.60. The van der Waals surface area contributed by atoms with Crippen LogP contribution in [-0.4, -0.2) is 12.6 Å². The van der Waals surface area contributed by atoms with Gasteiger partial charge in [0.2, 0.25) is 0 Å². The lowest BCUT2D eigenvalue weighted by atomic mass is 9.82. The third-order valence-electron chi connectivity index (χ3n) is 2.54. The molecule has 3 rings (SSSR count).